The number of amides is 1. The van der Waals surface area contributed by atoms with Gasteiger partial charge in [0.25, 0.3) is 5.89 Å². The number of benzene rings is 1. The topological polar surface area (TPSA) is 59.2 Å². The van der Waals surface area contributed by atoms with Crippen LogP contribution in [-0.4, -0.2) is 22.6 Å². The molecule has 1 fully saturated rings. The van der Waals surface area contributed by atoms with Gasteiger partial charge in [-0.15, -0.1) is 11.3 Å². The molecule has 122 valence electrons. The van der Waals surface area contributed by atoms with Gasteiger partial charge in [-0.3, -0.25) is 4.79 Å². The molecule has 4 rings (SSSR count). The van der Waals surface area contributed by atoms with Gasteiger partial charge in [0.05, 0.1) is 4.88 Å². The van der Waals surface area contributed by atoms with Crippen LogP contribution < -0.4 is 4.90 Å². The van der Waals surface area contributed by atoms with Crippen molar-refractivity contribution in [2.75, 3.05) is 11.4 Å². The highest BCUT2D eigenvalue weighted by atomic mass is 32.1. The van der Waals surface area contributed by atoms with Crippen molar-refractivity contribution in [3.05, 3.63) is 52.7 Å². The predicted octanol–water partition coefficient (Wildman–Crippen LogP) is 3.94. The molecule has 1 aliphatic rings. The summed E-state index contributed by atoms with van der Waals surface area (Å²) in [6, 6.07) is 10.0. The Morgan fingerprint density at radius 3 is 2.71 bits per heavy atom. The summed E-state index contributed by atoms with van der Waals surface area (Å²) in [5.41, 5.74) is 3.22. The van der Waals surface area contributed by atoms with Gasteiger partial charge in [-0.05, 0) is 43.0 Å². The van der Waals surface area contributed by atoms with Gasteiger partial charge in [0.1, 0.15) is 0 Å². The summed E-state index contributed by atoms with van der Waals surface area (Å²) in [6.07, 6.45) is 0.413. The lowest BCUT2D eigenvalue weighted by atomic mass is 10.1. The van der Waals surface area contributed by atoms with Gasteiger partial charge in [0.2, 0.25) is 5.91 Å². The van der Waals surface area contributed by atoms with E-state index in [4.69, 9.17) is 4.52 Å². The predicted molar refractivity (Wildman–Crippen MR) is 93.2 cm³/mol. The van der Waals surface area contributed by atoms with E-state index in [9.17, 15) is 4.79 Å². The number of carbonyl (C=O) groups excluding carboxylic acids is 1. The Morgan fingerprint density at radius 2 is 2.00 bits per heavy atom. The average molecular weight is 339 g/mol. The SMILES string of the molecule is Cc1ccc(N2C[C@H](c3noc(-c4sccc4C)n3)CC2=O)cc1. The molecular formula is C18H17N3O2S. The fourth-order valence-electron chi connectivity index (χ4n) is 2.94. The number of carbonyl (C=O) groups is 1. The second-order valence-corrected chi connectivity index (χ2v) is 7.05. The van der Waals surface area contributed by atoms with Gasteiger partial charge in [-0.2, -0.15) is 4.98 Å². The summed E-state index contributed by atoms with van der Waals surface area (Å²) in [5, 5.41) is 6.12. The first-order valence-electron chi connectivity index (χ1n) is 7.87. The molecule has 1 amide bonds. The molecule has 0 spiro atoms. The van der Waals surface area contributed by atoms with E-state index in [-0.39, 0.29) is 11.8 Å². The molecule has 0 unspecified atom stereocenters. The van der Waals surface area contributed by atoms with Gasteiger partial charge >= 0.3 is 0 Å². The van der Waals surface area contributed by atoms with Crippen molar-refractivity contribution in [1.82, 2.24) is 10.1 Å². The summed E-state index contributed by atoms with van der Waals surface area (Å²) < 4.78 is 5.41. The number of hydrogen-bond acceptors (Lipinski definition) is 5. The summed E-state index contributed by atoms with van der Waals surface area (Å²) >= 11 is 1.58. The van der Waals surface area contributed by atoms with Gasteiger partial charge in [-0.1, -0.05) is 22.9 Å². The van der Waals surface area contributed by atoms with E-state index in [1.54, 1.807) is 16.2 Å². The highest BCUT2D eigenvalue weighted by molar-refractivity contribution is 7.13. The maximum atomic E-state index is 12.4. The van der Waals surface area contributed by atoms with Crippen molar-refractivity contribution in [1.29, 1.82) is 0 Å². The van der Waals surface area contributed by atoms with Gasteiger partial charge < -0.3 is 9.42 Å². The van der Waals surface area contributed by atoms with Crippen LogP contribution in [0, 0.1) is 13.8 Å². The van der Waals surface area contributed by atoms with E-state index in [2.05, 4.69) is 10.1 Å². The molecule has 0 bridgehead atoms. The summed E-state index contributed by atoms with van der Waals surface area (Å²) in [6.45, 7) is 4.64. The lowest BCUT2D eigenvalue weighted by Gasteiger charge is -2.16. The summed E-state index contributed by atoms with van der Waals surface area (Å²) in [4.78, 5) is 19.7. The molecule has 0 N–H and O–H groups in total. The standard InChI is InChI=1S/C18H17N3O2S/c1-11-3-5-14(6-4-11)21-10-13(9-15(21)22)17-19-18(23-20-17)16-12(2)7-8-24-16/h3-8,13H,9-10H2,1-2H3/t13-/m1/s1. The number of nitrogens with zero attached hydrogens (tertiary/aromatic N) is 3. The molecule has 5 nitrogen and oxygen atoms in total. The average Bonchev–Trinajstić information content (AvgIpc) is 3.27. The Balaban J connectivity index is 1.56. The van der Waals surface area contributed by atoms with E-state index < -0.39 is 0 Å². The highest BCUT2D eigenvalue weighted by Crippen LogP contribution is 2.33. The van der Waals surface area contributed by atoms with Crippen LogP contribution in [0.2, 0.25) is 0 Å². The second-order valence-electron chi connectivity index (χ2n) is 6.13. The van der Waals surface area contributed by atoms with Crippen molar-refractivity contribution >= 4 is 22.9 Å². The van der Waals surface area contributed by atoms with E-state index in [1.165, 1.54) is 5.56 Å². The van der Waals surface area contributed by atoms with Crippen molar-refractivity contribution in [3.63, 3.8) is 0 Å². The third-order valence-electron chi connectivity index (χ3n) is 4.33. The van der Waals surface area contributed by atoms with Crippen molar-refractivity contribution < 1.29 is 9.32 Å². The molecule has 6 heteroatoms. The number of rotatable bonds is 3. The monoisotopic (exact) mass is 339 g/mol. The molecule has 0 radical (unpaired) electrons. The van der Waals surface area contributed by atoms with E-state index in [0.717, 1.165) is 16.1 Å². The molecule has 3 heterocycles. The minimum absolute atomic E-state index is 0.0310. The first-order chi connectivity index (χ1) is 11.6. The number of thiophene rings is 1. The van der Waals surface area contributed by atoms with Crippen LogP contribution in [0.5, 0.6) is 0 Å². The van der Waals surface area contributed by atoms with Crippen LogP contribution in [0.25, 0.3) is 10.8 Å². The fraction of sp³-hybridized carbons (Fsp3) is 0.278. The van der Waals surface area contributed by atoms with Crippen LogP contribution in [0.4, 0.5) is 5.69 Å². The first-order valence-corrected chi connectivity index (χ1v) is 8.75. The highest BCUT2D eigenvalue weighted by Gasteiger charge is 2.34. The van der Waals surface area contributed by atoms with E-state index in [0.29, 0.717) is 24.7 Å². The summed E-state index contributed by atoms with van der Waals surface area (Å²) in [5.74, 6) is 1.22. The normalized spacial score (nSPS) is 17.7. The number of aryl methyl sites for hydroxylation is 2. The van der Waals surface area contributed by atoms with Crippen LogP contribution in [0.1, 0.15) is 29.3 Å². The molecule has 1 aliphatic heterocycles. The zero-order valence-corrected chi connectivity index (χ0v) is 14.3. The molecule has 2 aromatic heterocycles. The quantitative estimate of drug-likeness (QED) is 0.725. The Labute approximate surface area is 143 Å². The lowest BCUT2D eigenvalue weighted by molar-refractivity contribution is -0.117. The smallest absolute Gasteiger partial charge is 0.268 e. The van der Waals surface area contributed by atoms with Crippen LogP contribution in [0.15, 0.2) is 40.2 Å². The zero-order valence-electron chi connectivity index (χ0n) is 13.5. The van der Waals surface area contributed by atoms with E-state index >= 15 is 0 Å². The Kier molecular flexibility index (Phi) is 3.69. The Hall–Kier alpha value is -2.47. The third-order valence-corrected chi connectivity index (χ3v) is 5.34. The second kappa shape index (κ2) is 5.87. The van der Waals surface area contributed by atoms with Crippen LogP contribution in [0.3, 0.4) is 0 Å². The minimum atomic E-state index is -0.0310. The van der Waals surface area contributed by atoms with Gasteiger partial charge in [0.15, 0.2) is 5.82 Å². The van der Waals surface area contributed by atoms with Crippen LogP contribution in [-0.2, 0) is 4.79 Å². The number of hydrogen-bond donors (Lipinski definition) is 0. The Bertz CT molecular complexity index is 882. The lowest BCUT2D eigenvalue weighted by Crippen LogP contribution is -2.24. The van der Waals surface area contributed by atoms with Crippen LogP contribution >= 0.6 is 11.3 Å². The molecule has 24 heavy (non-hydrogen) atoms. The Morgan fingerprint density at radius 1 is 1.21 bits per heavy atom. The van der Waals surface area contributed by atoms with Crippen molar-refractivity contribution in [3.8, 4) is 10.8 Å². The first kappa shape index (κ1) is 15.1. The van der Waals surface area contributed by atoms with Crippen molar-refractivity contribution in [2.24, 2.45) is 0 Å². The molecule has 1 saturated heterocycles. The molecule has 3 aromatic rings. The third kappa shape index (κ3) is 2.63. The maximum Gasteiger partial charge on any atom is 0.268 e. The molecular weight excluding hydrogens is 322 g/mol. The zero-order chi connectivity index (χ0) is 16.7. The maximum absolute atomic E-state index is 12.4. The fourth-order valence-corrected chi connectivity index (χ4v) is 3.79. The molecule has 0 saturated carbocycles. The van der Waals surface area contributed by atoms with Gasteiger partial charge in [0, 0.05) is 24.6 Å². The molecule has 0 aliphatic carbocycles. The van der Waals surface area contributed by atoms with Gasteiger partial charge in [-0.25, -0.2) is 0 Å². The number of anilines is 1. The number of aromatic nitrogens is 2. The van der Waals surface area contributed by atoms with E-state index in [1.807, 2.05) is 49.6 Å². The largest absolute Gasteiger partial charge is 0.333 e. The molecule has 1 atom stereocenters. The van der Waals surface area contributed by atoms with Crippen molar-refractivity contribution in [2.45, 2.75) is 26.2 Å². The minimum Gasteiger partial charge on any atom is -0.333 e. The molecule has 1 aromatic carbocycles. The summed E-state index contributed by atoms with van der Waals surface area (Å²) in [7, 11) is 0.